The van der Waals surface area contributed by atoms with E-state index >= 15 is 0 Å². The molecular weight excluding hydrogens is 281 g/mol. The Morgan fingerprint density at radius 3 is 2.52 bits per heavy atom. The van der Waals surface area contributed by atoms with Gasteiger partial charge in [0.15, 0.2) is 11.6 Å². The average molecular weight is 292 g/mol. The Kier molecular flexibility index (Phi) is 4.85. The fraction of sp³-hybridized carbons (Fsp3) is 0.125. The Balaban J connectivity index is 2.12. The first-order valence-electron chi connectivity index (χ1n) is 6.05. The topological polar surface area (TPSA) is 29.5 Å². The third-order valence-electron chi connectivity index (χ3n) is 2.57. The van der Waals surface area contributed by atoms with E-state index in [1.54, 1.807) is 6.07 Å². The number of ether oxygens (including phenoxy) is 1. The highest BCUT2D eigenvalue weighted by molar-refractivity contribution is 5.38. The second-order valence-electron chi connectivity index (χ2n) is 4.17. The number of aliphatic hydroxyl groups excluding tert-OH is 1. The molecule has 21 heavy (non-hydrogen) atoms. The molecule has 108 valence electrons. The minimum atomic E-state index is -1.01. The Hall–Kier alpha value is -2.45. The summed E-state index contributed by atoms with van der Waals surface area (Å²) in [5.74, 6) is 2.67. The van der Waals surface area contributed by atoms with E-state index < -0.39 is 17.5 Å². The van der Waals surface area contributed by atoms with Crippen LogP contribution in [0.2, 0.25) is 0 Å². The Bertz CT molecular complexity index is 702. The molecule has 2 rings (SSSR count). The van der Waals surface area contributed by atoms with Crippen molar-refractivity contribution in [1.82, 2.24) is 0 Å². The van der Waals surface area contributed by atoms with Crippen LogP contribution in [-0.4, -0.2) is 11.7 Å². The Labute approximate surface area is 119 Å². The average Bonchev–Trinajstić information content (AvgIpc) is 2.46. The molecule has 0 bridgehead atoms. The molecule has 0 atom stereocenters. The van der Waals surface area contributed by atoms with E-state index in [-0.39, 0.29) is 19.0 Å². The van der Waals surface area contributed by atoms with Gasteiger partial charge in [-0.2, -0.15) is 0 Å². The maximum atomic E-state index is 13.4. The van der Waals surface area contributed by atoms with Crippen LogP contribution in [-0.2, 0) is 6.61 Å². The lowest BCUT2D eigenvalue weighted by Crippen LogP contribution is -1.98. The zero-order valence-corrected chi connectivity index (χ0v) is 10.9. The summed E-state index contributed by atoms with van der Waals surface area (Å²) in [4.78, 5) is 0. The molecule has 0 aliphatic carbocycles. The van der Waals surface area contributed by atoms with Crippen LogP contribution in [0.4, 0.5) is 13.2 Å². The highest BCUT2D eigenvalue weighted by Gasteiger charge is 2.05. The fourth-order valence-corrected chi connectivity index (χ4v) is 1.68. The maximum Gasteiger partial charge on any atom is 0.162 e. The summed E-state index contributed by atoms with van der Waals surface area (Å²) < 4.78 is 44.5. The van der Waals surface area contributed by atoms with Crippen LogP contribution < -0.4 is 4.74 Å². The minimum Gasteiger partial charge on any atom is -0.489 e. The molecule has 2 aromatic rings. The predicted octanol–water partition coefficient (Wildman–Crippen LogP) is 3.03. The van der Waals surface area contributed by atoms with Crippen LogP contribution in [0.15, 0.2) is 36.4 Å². The normalized spacial score (nSPS) is 9.90. The second kappa shape index (κ2) is 6.82. The molecule has 5 heteroatoms. The molecule has 0 aromatic heterocycles. The van der Waals surface area contributed by atoms with Gasteiger partial charge in [-0.25, -0.2) is 13.2 Å². The van der Waals surface area contributed by atoms with Crippen molar-refractivity contribution in [3.8, 4) is 17.6 Å². The van der Waals surface area contributed by atoms with Gasteiger partial charge < -0.3 is 9.84 Å². The van der Waals surface area contributed by atoms with Gasteiger partial charge >= 0.3 is 0 Å². The van der Waals surface area contributed by atoms with E-state index in [4.69, 9.17) is 9.84 Å². The lowest BCUT2D eigenvalue weighted by molar-refractivity contribution is 0.302. The SMILES string of the molecule is OCC#Cc1cc(F)cc(COc2ccc(F)c(F)c2)c1. The monoisotopic (exact) mass is 292 g/mol. The van der Waals surface area contributed by atoms with Gasteiger partial charge in [0.1, 0.15) is 24.8 Å². The van der Waals surface area contributed by atoms with Gasteiger partial charge in [-0.05, 0) is 35.9 Å². The lowest BCUT2D eigenvalue weighted by atomic mass is 10.1. The summed E-state index contributed by atoms with van der Waals surface area (Å²) in [5.41, 5.74) is 0.884. The number of rotatable bonds is 3. The zero-order chi connectivity index (χ0) is 15.2. The highest BCUT2D eigenvalue weighted by Crippen LogP contribution is 2.17. The first-order chi connectivity index (χ1) is 10.1. The standard InChI is InChI=1S/C16H11F3O2/c17-13-7-11(2-1-5-20)6-12(8-13)10-21-14-3-4-15(18)16(19)9-14/h3-4,6-9,20H,5,10H2. The van der Waals surface area contributed by atoms with Crippen LogP contribution >= 0.6 is 0 Å². The van der Waals surface area contributed by atoms with Crippen LogP contribution in [0.1, 0.15) is 11.1 Å². The number of benzene rings is 2. The first kappa shape index (κ1) is 14.9. The molecule has 2 nitrogen and oxygen atoms in total. The van der Waals surface area contributed by atoms with E-state index in [9.17, 15) is 13.2 Å². The molecule has 1 N–H and O–H groups in total. The van der Waals surface area contributed by atoms with Crippen molar-refractivity contribution in [2.75, 3.05) is 6.61 Å². The molecule has 0 fully saturated rings. The molecule has 0 radical (unpaired) electrons. The van der Waals surface area contributed by atoms with E-state index in [1.165, 1.54) is 18.2 Å². The van der Waals surface area contributed by atoms with Gasteiger partial charge in [0.25, 0.3) is 0 Å². The number of hydrogen-bond donors (Lipinski definition) is 1. The molecule has 0 unspecified atom stereocenters. The molecular formula is C16H11F3O2. The summed E-state index contributed by atoms with van der Waals surface area (Å²) in [6.45, 7) is -0.339. The molecule has 0 heterocycles. The van der Waals surface area contributed by atoms with Crippen molar-refractivity contribution in [2.24, 2.45) is 0 Å². The third kappa shape index (κ3) is 4.26. The van der Waals surface area contributed by atoms with Crippen LogP contribution in [0, 0.1) is 29.3 Å². The summed E-state index contributed by atoms with van der Waals surface area (Å²) in [6.07, 6.45) is 0. The summed E-state index contributed by atoms with van der Waals surface area (Å²) in [6, 6.07) is 7.22. The summed E-state index contributed by atoms with van der Waals surface area (Å²) in [7, 11) is 0. The number of halogens is 3. The second-order valence-corrected chi connectivity index (χ2v) is 4.17. The largest absolute Gasteiger partial charge is 0.489 e. The predicted molar refractivity (Wildman–Crippen MR) is 71.1 cm³/mol. The molecule has 2 aromatic carbocycles. The van der Waals surface area contributed by atoms with E-state index in [0.717, 1.165) is 12.1 Å². The van der Waals surface area contributed by atoms with Crippen LogP contribution in [0.5, 0.6) is 5.75 Å². The van der Waals surface area contributed by atoms with Crippen molar-refractivity contribution in [1.29, 1.82) is 0 Å². The molecule has 0 saturated heterocycles. The molecule has 0 amide bonds. The van der Waals surface area contributed by atoms with Gasteiger partial charge in [0.05, 0.1) is 0 Å². The van der Waals surface area contributed by atoms with Gasteiger partial charge in [-0.15, -0.1) is 0 Å². The van der Waals surface area contributed by atoms with E-state index in [2.05, 4.69) is 11.8 Å². The van der Waals surface area contributed by atoms with Crippen molar-refractivity contribution < 1.29 is 23.0 Å². The van der Waals surface area contributed by atoms with Crippen molar-refractivity contribution in [3.05, 3.63) is 65.0 Å². The zero-order valence-electron chi connectivity index (χ0n) is 10.9. The van der Waals surface area contributed by atoms with Gasteiger partial charge in [0, 0.05) is 11.6 Å². The summed E-state index contributed by atoms with van der Waals surface area (Å²) >= 11 is 0. The number of hydrogen-bond acceptors (Lipinski definition) is 2. The minimum absolute atomic E-state index is 0.0172. The van der Waals surface area contributed by atoms with Crippen LogP contribution in [0.25, 0.3) is 0 Å². The van der Waals surface area contributed by atoms with Gasteiger partial charge in [0.2, 0.25) is 0 Å². The van der Waals surface area contributed by atoms with Crippen LogP contribution in [0.3, 0.4) is 0 Å². The van der Waals surface area contributed by atoms with E-state index in [0.29, 0.717) is 11.1 Å². The van der Waals surface area contributed by atoms with Crippen molar-refractivity contribution in [3.63, 3.8) is 0 Å². The quantitative estimate of drug-likeness (QED) is 0.881. The molecule has 0 aliphatic rings. The molecule has 0 saturated carbocycles. The maximum absolute atomic E-state index is 13.4. The Morgan fingerprint density at radius 2 is 1.81 bits per heavy atom. The van der Waals surface area contributed by atoms with Gasteiger partial charge in [-0.1, -0.05) is 11.8 Å². The van der Waals surface area contributed by atoms with Crippen molar-refractivity contribution in [2.45, 2.75) is 6.61 Å². The van der Waals surface area contributed by atoms with E-state index in [1.807, 2.05) is 0 Å². The first-order valence-corrected chi connectivity index (χ1v) is 6.05. The third-order valence-corrected chi connectivity index (χ3v) is 2.57. The fourth-order valence-electron chi connectivity index (χ4n) is 1.68. The lowest BCUT2D eigenvalue weighted by Gasteiger charge is -2.07. The summed E-state index contributed by atoms with van der Waals surface area (Å²) in [5, 5.41) is 8.61. The Morgan fingerprint density at radius 1 is 1.00 bits per heavy atom. The van der Waals surface area contributed by atoms with Crippen molar-refractivity contribution >= 4 is 0 Å². The number of aliphatic hydroxyl groups is 1. The van der Waals surface area contributed by atoms with Gasteiger partial charge in [-0.3, -0.25) is 0 Å². The smallest absolute Gasteiger partial charge is 0.162 e. The molecule has 0 spiro atoms. The molecule has 0 aliphatic heterocycles. The highest BCUT2D eigenvalue weighted by atomic mass is 19.2.